The largest absolute Gasteiger partial charge is 0.369 e. The molecule has 2 unspecified atom stereocenters. The summed E-state index contributed by atoms with van der Waals surface area (Å²) in [6.07, 6.45) is 2.57. The van der Waals surface area contributed by atoms with Crippen LogP contribution in [0.2, 0.25) is 0 Å². The van der Waals surface area contributed by atoms with E-state index in [0.29, 0.717) is 11.7 Å². The molecular formula is C12H17N3OS. The molecule has 4 nitrogen and oxygen atoms in total. The van der Waals surface area contributed by atoms with Crippen LogP contribution in [0.1, 0.15) is 19.4 Å². The minimum atomic E-state index is -0.763. The van der Waals surface area contributed by atoms with Crippen molar-refractivity contribution in [1.29, 1.82) is 0 Å². The zero-order valence-electron chi connectivity index (χ0n) is 10.1. The third-order valence-electron chi connectivity index (χ3n) is 2.89. The van der Waals surface area contributed by atoms with Crippen LogP contribution in [0.4, 0.5) is 5.95 Å². The molecule has 1 heterocycles. The second-order valence-corrected chi connectivity index (χ2v) is 5.80. The lowest BCUT2D eigenvalue weighted by atomic mass is 10.2. The second-order valence-electron chi connectivity index (χ2n) is 4.24. The maximum Gasteiger partial charge on any atom is 0.201 e. The van der Waals surface area contributed by atoms with Crippen molar-refractivity contribution in [1.82, 2.24) is 9.55 Å². The molecule has 2 rings (SSSR count). The molecule has 92 valence electrons. The standard InChI is InChI=1S/C12H17N3OS/c1-9(7-8-17(2)16)15-11-6-4-3-5-10(11)14-12(15)13/h3-6,9H,7-8H2,1-2H3,(H2,13,14). The van der Waals surface area contributed by atoms with E-state index in [0.717, 1.165) is 17.5 Å². The van der Waals surface area contributed by atoms with Gasteiger partial charge >= 0.3 is 0 Å². The minimum Gasteiger partial charge on any atom is -0.369 e. The van der Waals surface area contributed by atoms with E-state index in [1.807, 2.05) is 28.8 Å². The highest BCUT2D eigenvalue weighted by Crippen LogP contribution is 2.24. The summed E-state index contributed by atoms with van der Waals surface area (Å²) in [5, 5.41) is 0. The summed E-state index contributed by atoms with van der Waals surface area (Å²) in [7, 11) is -0.763. The highest BCUT2D eigenvalue weighted by atomic mass is 32.2. The van der Waals surface area contributed by atoms with Crippen LogP contribution < -0.4 is 5.73 Å². The number of aromatic nitrogens is 2. The molecule has 5 heteroatoms. The molecule has 1 aromatic heterocycles. The highest BCUT2D eigenvalue weighted by molar-refractivity contribution is 7.84. The van der Waals surface area contributed by atoms with Crippen molar-refractivity contribution in [3.63, 3.8) is 0 Å². The Bertz CT molecular complexity index is 550. The van der Waals surface area contributed by atoms with Crippen molar-refractivity contribution in [3.8, 4) is 0 Å². The molecule has 0 saturated carbocycles. The van der Waals surface area contributed by atoms with Crippen LogP contribution in [-0.2, 0) is 10.8 Å². The lowest BCUT2D eigenvalue weighted by molar-refractivity contribution is 0.552. The van der Waals surface area contributed by atoms with E-state index in [9.17, 15) is 4.21 Å². The maximum atomic E-state index is 11.1. The van der Waals surface area contributed by atoms with Crippen LogP contribution in [0.25, 0.3) is 11.0 Å². The van der Waals surface area contributed by atoms with Gasteiger partial charge in [0.2, 0.25) is 5.95 Å². The molecule has 17 heavy (non-hydrogen) atoms. The Morgan fingerprint density at radius 1 is 1.47 bits per heavy atom. The summed E-state index contributed by atoms with van der Waals surface area (Å²) < 4.78 is 13.1. The number of anilines is 1. The van der Waals surface area contributed by atoms with Gasteiger partial charge in [0.05, 0.1) is 11.0 Å². The fraction of sp³-hybridized carbons (Fsp3) is 0.417. The Balaban J connectivity index is 2.33. The zero-order valence-corrected chi connectivity index (χ0v) is 10.9. The number of benzene rings is 1. The van der Waals surface area contributed by atoms with Gasteiger partial charge in [-0.15, -0.1) is 0 Å². The molecule has 0 bridgehead atoms. The summed E-state index contributed by atoms with van der Waals surface area (Å²) in [4.78, 5) is 4.33. The Hall–Kier alpha value is -1.36. The Kier molecular flexibility index (Phi) is 3.47. The Labute approximate surface area is 103 Å². The summed E-state index contributed by atoms with van der Waals surface area (Å²) in [6.45, 7) is 2.08. The van der Waals surface area contributed by atoms with Gasteiger partial charge in [0, 0.05) is 28.9 Å². The topological polar surface area (TPSA) is 60.9 Å². The van der Waals surface area contributed by atoms with Gasteiger partial charge in [0.1, 0.15) is 0 Å². The molecule has 0 amide bonds. The number of hydrogen-bond donors (Lipinski definition) is 1. The van der Waals surface area contributed by atoms with Gasteiger partial charge in [-0.2, -0.15) is 0 Å². The molecular weight excluding hydrogens is 234 g/mol. The Morgan fingerprint density at radius 2 is 2.18 bits per heavy atom. The fourth-order valence-electron chi connectivity index (χ4n) is 1.99. The van der Waals surface area contributed by atoms with E-state index >= 15 is 0 Å². The maximum absolute atomic E-state index is 11.1. The summed E-state index contributed by atoms with van der Waals surface area (Å²) >= 11 is 0. The molecule has 2 aromatic rings. The third-order valence-corrected chi connectivity index (χ3v) is 3.70. The van der Waals surface area contributed by atoms with Gasteiger partial charge in [0.15, 0.2) is 0 Å². The van der Waals surface area contributed by atoms with Gasteiger partial charge in [-0.1, -0.05) is 12.1 Å². The number of para-hydroxylation sites is 2. The first-order valence-electron chi connectivity index (χ1n) is 5.62. The van der Waals surface area contributed by atoms with Gasteiger partial charge < -0.3 is 10.3 Å². The van der Waals surface area contributed by atoms with Gasteiger partial charge in [-0.3, -0.25) is 4.21 Å². The number of nitrogens with zero attached hydrogens (tertiary/aromatic N) is 2. The van der Waals surface area contributed by atoms with E-state index < -0.39 is 10.8 Å². The average Bonchev–Trinajstić information content (AvgIpc) is 2.61. The van der Waals surface area contributed by atoms with Crippen molar-refractivity contribution in [2.45, 2.75) is 19.4 Å². The first kappa shape index (κ1) is 12.1. The van der Waals surface area contributed by atoms with Gasteiger partial charge in [0.25, 0.3) is 0 Å². The number of hydrogen-bond acceptors (Lipinski definition) is 3. The highest BCUT2D eigenvalue weighted by Gasteiger charge is 2.13. The molecule has 1 aromatic carbocycles. The summed E-state index contributed by atoms with van der Waals surface area (Å²) in [5.41, 5.74) is 7.89. The minimum absolute atomic E-state index is 0.214. The van der Waals surface area contributed by atoms with E-state index in [1.54, 1.807) is 6.26 Å². The summed E-state index contributed by atoms with van der Waals surface area (Å²) in [5.74, 6) is 1.22. The van der Waals surface area contributed by atoms with E-state index in [2.05, 4.69) is 11.9 Å². The molecule has 0 fully saturated rings. The van der Waals surface area contributed by atoms with Crippen LogP contribution in [0.3, 0.4) is 0 Å². The first-order valence-corrected chi connectivity index (χ1v) is 7.35. The number of nitrogen functional groups attached to an aromatic ring is 1. The van der Waals surface area contributed by atoms with Crippen molar-refractivity contribution >= 4 is 27.8 Å². The zero-order chi connectivity index (χ0) is 12.4. The predicted molar refractivity (Wildman–Crippen MR) is 72.4 cm³/mol. The molecule has 0 aliphatic heterocycles. The third kappa shape index (κ3) is 2.49. The lowest BCUT2D eigenvalue weighted by Crippen LogP contribution is -2.11. The fourth-order valence-corrected chi connectivity index (χ4v) is 2.66. The monoisotopic (exact) mass is 251 g/mol. The van der Waals surface area contributed by atoms with Crippen LogP contribution in [0.15, 0.2) is 24.3 Å². The number of imidazole rings is 1. The molecule has 2 atom stereocenters. The molecule has 0 aliphatic carbocycles. The number of fused-ring (bicyclic) bond motifs is 1. The number of rotatable bonds is 4. The van der Waals surface area contributed by atoms with Crippen molar-refractivity contribution in [3.05, 3.63) is 24.3 Å². The van der Waals surface area contributed by atoms with Crippen LogP contribution >= 0.6 is 0 Å². The average molecular weight is 251 g/mol. The quantitative estimate of drug-likeness (QED) is 0.903. The summed E-state index contributed by atoms with van der Waals surface area (Å²) in [6, 6.07) is 8.10. The molecule has 0 radical (unpaired) electrons. The van der Waals surface area contributed by atoms with Crippen molar-refractivity contribution < 1.29 is 4.21 Å². The van der Waals surface area contributed by atoms with Crippen LogP contribution in [-0.4, -0.2) is 25.8 Å². The van der Waals surface area contributed by atoms with E-state index in [1.165, 1.54) is 0 Å². The van der Waals surface area contributed by atoms with Crippen molar-refractivity contribution in [2.24, 2.45) is 0 Å². The van der Waals surface area contributed by atoms with Crippen LogP contribution in [0.5, 0.6) is 0 Å². The Morgan fingerprint density at radius 3 is 2.88 bits per heavy atom. The smallest absolute Gasteiger partial charge is 0.201 e. The molecule has 0 aliphatic rings. The SMILES string of the molecule is CC(CCS(C)=O)n1c(N)nc2ccccc21. The number of nitrogens with two attached hydrogens (primary N) is 1. The molecule has 2 N–H and O–H groups in total. The predicted octanol–water partition coefficient (Wildman–Crippen LogP) is 1.95. The van der Waals surface area contributed by atoms with Gasteiger partial charge in [-0.05, 0) is 25.5 Å². The second kappa shape index (κ2) is 4.87. The van der Waals surface area contributed by atoms with Gasteiger partial charge in [-0.25, -0.2) is 4.98 Å². The van der Waals surface area contributed by atoms with Crippen LogP contribution in [0, 0.1) is 0 Å². The van der Waals surface area contributed by atoms with Crippen molar-refractivity contribution in [2.75, 3.05) is 17.7 Å². The van der Waals surface area contributed by atoms with E-state index in [-0.39, 0.29) is 6.04 Å². The molecule has 0 saturated heterocycles. The first-order chi connectivity index (χ1) is 8.09. The van der Waals surface area contributed by atoms with E-state index in [4.69, 9.17) is 5.73 Å². The normalized spacial score (nSPS) is 14.9. The lowest BCUT2D eigenvalue weighted by Gasteiger charge is -2.15. The molecule has 0 spiro atoms.